The van der Waals surface area contributed by atoms with Crippen molar-refractivity contribution in [3.8, 4) is 17.2 Å². The molecule has 0 bridgehead atoms. The summed E-state index contributed by atoms with van der Waals surface area (Å²) in [6.07, 6.45) is 0. The highest BCUT2D eigenvalue weighted by atomic mass is 32.2. The number of carbonyl (C=O) groups excluding carboxylic acids is 2. The van der Waals surface area contributed by atoms with Crippen LogP contribution in [0, 0.1) is 13.8 Å². The molecule has 210 valence electrons. The van der Waals surface area contributed by atoms with Gasteiger partial charge in [0, 0.05) is 5.56 Å². The Morgan fingerprint density at radius 3 is 2.55 bits per heavy atom. The van der Waals surface area contributed by atoms with Crippen LogP contribution in [0.5, 0.6) is 11.5 Å². The van der Waals surface area contributed by atoms with Crippen LogP contribution in [-0.4, -0.2) is 62.5 Å². The Balaban J connectivity index is 1.52. The van der Waals surface area contributed by atoms with Crippen LogP contribution >= 0.6 is 34.9 Å². The number of ether oxygens (including phenoxy) is 2. The van der Waals surface area contributed by atoms with E-state index in [4.69, 9.17) is 9.47 Å². The summed E-state index contributed by atoms with van der Waals surface area (Å²) in [6, 6.07) is 10.9. The summed E-state index contributed by atoms with van der Waals surface area (Å²) in [5.74, 6) is 1.96. The number of hydrogen-bond donors (Lipinski definition) is 2. The van der Waals surface area contributed by atoms with Crippen LogP contribution in [0.3, 0.4) is 0 Å². The second-order valence-electron chi connectivity index (χ2n) is 8.35. The van der Waals surface area contributed by atoms with Crippen LogP contribution in [-0.2, 0) is 11.3 Å². The fourth-order valence-electron chi connectivity index (χ4n) is 3.69. The highest BCUT2D eigenvalue weighted by Gasteiger charge is 2.20. The summed E-state index contributed by atoms with van der Waals surface area (Å²) in [5.41, 5.74) is 3.42. The third-order valence-electron chi connectivity index (χ3n) is 5.82. The van der Waals surface area contributed by atoms with Crippen molar-refractivity contribution in [1.29, 1.82) is 0 Å². The van der Waals surface area contributed by atoms with Gasteiger partial charge in [-0.2, -0.15) is 0 Å². The van der Waals surface area contributed by atoms with Crippen LogP contribution in [0.15, 0.2) is 45.9 Å². The molecule has 0 atom stereocenters. The molecule has 0 spiro atoms. The first kappa shape index (κ1) is 29.4. The third kappa shape index (κ3) is 6.92. The molecule has 4 aromatic rings. The van der Waals surface area contributed by atoms with Gasteiger partial charge in [-0.1, -0.05) is 53.9 Å². The molecule has 2 aromatic carbocycles. The van der Waals surface area contributed by atoms with Gasteiger partial charge in [0.2, 0.25) is 11.0 Å². The Morgan fingerprint density at radius 2 is 1.80 bits per heavy atom. The molecule has 0 aliphatic rings. The largest absolute Gasteiger partial charge is 0.493 e. The molecular weight excluding hydrogens is 571 g/mol. The number of nitrogens with one attached hydrogen (secondary N) is 2. The molecule has 14 heteroatoms. The van der Waals surface area contributed by atoms with Gasteiger partial charge < -0.3 is 14.8 Å². The molecule has 2 heterocycles. The van der Waals surface area contributed by atoms with Crippen molar-refractivity contribution < 1.29 is 19.1 Å². The van der Waals surface area contributed by atoms with E-state index in [1.54, 1.807) is 30.0 Å². The highest BCUT2D eigenvalue weighted by Crippen LogP contribution is 2.29. The number of nitrogens with zero attached hydrogens (tertiary/aromatic N) is 5. The molecule has 0 unspecified atom stereocenters. The van der Waals surface area contributed by atoms with Crippen molar-refractivity contribution >= 4 is 51.8 Å². The van der Waals surface area contributed by atoms with Crippen LogP contribution < -0.4 is 20.1 Å². The van der Waals surface area contributed by atoms with Crippen LogP contribution in [0.2, 0.25) is 0 Å². The average molecular weight is 600 g/mol. The van der Waals surface area contributed by atoms with Crippen LogP contribution in [0.1, 0.15) is 34.2 Å². The van der Waals surface area contributed by atoms with Gasteiger partial charge in [-0.25, -0.2) is 0 Å². The predicted molar refractivity (Wildman–Crippen MR) is 157 cm³/mol. The quantitative estimate of drug-likeness (QED) is 0.177. The molecule has 0 saturated heterocycles. The molecule has 0 aliphatic heterocycles. The highest BCUT2D eigenvalue weighted by molar-refractivity contribution is 8.01. The van der Waals surface area contributed by atoms with Gasteiger partial charge in [0.25, 0.3) is 5.91 Å². The normalized spacial score (nSPS) is 10.8. The maximum Gasteiger partial charge on any atom is 0.251 e. The van der Waals surface area contributed by atoms with E-state index in [0.29, 0.717) is 33.2 Å². The fraction of sp³-hybridized carbons (Fsp3) is 0.308. The molecule has 2 amide bonds. The minimum absolute atomic E-state index is 0.0941. The summed E-state index contributed by atoms with van der Waals surface area (Å²) in [6.45, 7) is 6.18. The zero-order valence-corrected chi connectivity index (χ0v) is 25.1. The van der Waals surface area contributed by atoms with Gasteiger partial charge in [0.05, 0.1) is 32.2 Å². The number of rotatable bonds is 12. The lowest BCUT2D eigenvalue weighted by Gasteiger charge is -2.15. The van der Waals surface area contributed by atoms with Gasteiger partial charge in [-0.3, -0.25) is 19.5 Å². The molecular formula is C26H29N7O4S3. The number of hydrogen-bond acceptors (Lipinski definition) is 11. The van der Waals surface area contributed by atoms with Crippen molar-refractivity contribution in [2.24, 2.45) is 0 Å². The van der Waals surface area contributed by atoms with Crippen molar-refractivity contribution in [3.63, 3.8) is 0 Å². The third-order valence-corrected chi connectivity index (χ3v) is 8.61. The van der Waals surface area contributed by atoms with Gasteiger partial charge in [0.15, 0.2) is 26.8 Å². The van der Waals surface area contributed by atoms with Gasteiger partial charge in [0.1, 0.15) is 0 Å². The first-order valence-electron chi connectivity index (χ1n) is 12.2. The van der Waals surface area contributed by atoms with Crippen molar-refractivity contribution in [1.82, 2.24) is 30.3 Å². The SMILES string of the molecule is CCSc1nnc(NC(=O)CSc2nnc(CNC(=O)c3ccc(OC)c(OC)c3)n2-c2cccc(C)c2C)s1. The lowest BCUT2D eigenvalue weighted by molar-refractivity contribution is -0.113. The summed E-state index contributed by atoms with van der Waals surface area (Å²) in [7, 11) is 3.05. The molecule has 2 aromatic heterocycles. The molecule has 0 fully saturated rings. The van der Waals surface area contributed by atoms with E-state index in [2.05, 4.69) is 31.0 Å². The summed E-state index contributed by atoms with van der Waals surface area (Å²) in [4.78, 5) is 25.6. The van der Waals surface area contributed by atoms with Gasteiger partial charge in [-0.05, 0) is 55.0 Å². The lowest BCUT2D eigenvalue weighted by atomic mass is 10.1. The number of amides is 2. The number of anilines is 1. The van der Waals surface area contributed by atoms with E-state index < -0.39 is 0 Å². The Kier molecular flexibility index (Phi) is 10.0. The molecule has 0 radical (unpaired) electrons. The minimum Gasteiger partial charge on any atom is -0.493 e. The van der Waals surface area contributed by atoms with E-state index in [0.717, 1.165) is 26.9 Å². The molecule has 0 aliphatic carbocycles. The lowest BCUT2D eigenvalue weighted by Crippen LogP contribution is -2.25. The van der Waals surface area contributed by atoms with E-state index in [1.165, 1.54) is 37.3 Å². The fourth-order valence-corrected chi connectivity index (χ4v) is 6.12. The zero-order chi connectivity index (χ0) is 28.6. The second kappa shape index (κ2) is 13.6. The Hall–Kier alpha value is -3.62. The van der Waals surface area contributed by atoms with Crippen molar-refractivity contribution in [2.75, 3.05) is 31.0 Å². The number of aryl methyl sites for hydroxylation is 1. The molecule has 0 saturated carbocycles. The number of carbonyl (C=O) groups is 2. The van der Waals surface area contributed by atoms with Crippen LogP contribution in [0.25, 0.3) is 5.69 Å². The van der Waals surface area contributed by atoms with E-state index in [1.807, 2.05) is 43.5 Å². The Bertz CT molecular complexity index is 1510. The van der Waals surface area contributed by atoms with E-state index in [9.17, 15) is 9.59 Å². The molecule has 4 rings (SSSR count). The smallest absolute Gasteiger partial charge is 0.251 e. The predicted octanol–water partition coefficient (Wildman–Crippen LogP) is 4.53. The van der Waals surface area contributed by atoms with Crippen molar-refractivity contribution in [3.05, 3.63) is 58.9 Å². The minimum atomic E-state index is -0.303. The molecule has 11 nitrogen and oxygen atoms in total. The average Bonchev–Trinajstić information content (AvgIpc) is 3.58. The van der Waals surface area contributed by atoms with E-state index in [-0.39, 0.29) is 24.1 Å². The van der Waals surface area contributed by atoms with Gasteiger partial charge >= 0.3 is 0 Å². The van der Waals surface area contributed by atoms with Crippen molar-refractivity contribution in [2.45, 2.75) is 36.8 Å². The maximum atomic E-state index is 13.0. The van der Waals surface area contributed by atoms with Crippen LogP contribution in [0.4, 0.5) is 5.13 Å². The number of thioether (sulfide) groups is 2. The number of aromatic nitrogens is 5. The summed E-state index contributed by atoms with van der Waals surface area (Å²) in [5, 5.41) is 23.5. The summed E-state index contributed by atoms with van der Waals surface area (Å²) < 4.78 is 13.2. The summed E-state index contributed by atoms with van der Waals surface area (Å²) >= 11 is 4.16. The Morgan fingerprint density at radius 1 is 1.00 bits per heavy atom. The van der Waals surface area contributed by atoms with E-state index >= 15 is 0 Å². The standard InChI is InChI=1S/C26H29N7O4S3/c1-6-38-26-32-30-24(40-26)28-22(34)14-39-25-31-29-21(33(25)18-9-7-8-15(2)16(18)3)13-27-23(35)17-10-11-19(36-4)20(12-17)37-5/h7-12H,6,13-14H2,1-5H3,(H,27,35)(H,28,30,34). The Labute approximate surface area is 244 Å². The monoisotopic (exact) mass is 599 g/mol. The second-order valence-corrected chi connectivity index (χ2v) is 11.8. The number of methoxy groups -OCH3 is 2. The number of benzene rings is 2. The zero-order valence-electron chi connectivity index (χ0n) is 22.7. The molecule has 2 N–H and O–H groups in total. The van der Waals surface area contributed by atoms with Gasteiger partial charge in [-0.15, -0.1) is 20.4 Å². The topological polar surface area (TPSA) is 133 Å². The first-order valence-corrected chi connectivity index (χ1v) is 15.0. The molecule has 40 heavy (non-hydrogen) atoms. The first-order chi connectivity index (χ1) is 19.3. The maximum absolute atomic E-state index is 13.0.